The van der Waals surface area contributed by atoms with Crippen LogP contribution in [0.2, 0.25) is 0 Å². The van der Waals surface area contributed by atoms with Gasteiger partial charge in [0.05, 0.1) is 0 Å². The molecule has 0 aliphatic heterocycles. The van der Waals surface area contributed by atoms with Crippen molar-refractivity contribution in [2.24, 2.45) is 5.92 Å². The molecule has 1 aromatic carbocycles. The Hall–Kier alpha value is -1.84. The van der Waals surface area contributed by atoms with Gasteiger partial charge in [-0.15, -0.1) is 0 Å². The van der Waals surface area contributed by atoms with Crippen LogP contribution in [0.25, 0.3) is 0 Å². The molecule has 0 aromatic heterocycles. The lowest BCUT2D eigenvalue weighted by Gasteiger charge is -2.16. The lowest BCUT2D eigenvalue weighted by Crippen LogP contribution is -2.26. The number of carboxylic acid groups (broad SMARTS) is 1. The van der Waals surface area contributed by atoms with Crippen LogP contribution in [-0.2, 0) is 10.2 Å². The number of carbonyl (C=O) groups is 2. The quantitative estimate of drug-likeness (QED) is 0.762. The maximum absolute atomic E-state index is 10.9. The standard InChI is InChI=1S/C13H15NO3/c15-9-11-8-13(11,6-7-14-12(16)17)10-4-2-1-3-5-10/h1-5,9,11,14H,6-8H2,(H,16,17)/t11-,13-/m1/s1. The van der Waals surface area contributed by atoms with Gasteiger partial charge >= 0.3 is 6.09 Å². The summed E-state index contributed by atoms with van der Waals surface area (Å²) in [6.45, 7) is 0.383. The first-order valence-electron chi connectivity index (χ1n) is 5.67. The van der Waals surface area contributed by atoms with Crippen molar-refractivity contribution in [2.45, 2.75) is 18.3 Å². The molecule has 1 aromatic rings. The monoisotopic (exact) mass is 233 g/mol. The van der Waals surface area contributed by atoms with E-state index in [9.17, 15) is 9.59 Å². The number of amides is 1. The SMILES string of the molecule is O=C[C@H]1C[C@]1(CCNC(=O)O)c1ccccc1. The molecular weight excluding hydrogens is 218 g/mol. The maximum Gasteiger partial charge on any atom is 0.404 e. The Labute approximate surface area is 99.6 Å². The molecule has 0 saturated heterocycles. The molecule has 0 bridgehead atoms. The second-order valence-electron chi connectivity index (χ2n) is 4.45. The van der Waals surface area contributed by atoms with Crippen LogP contribution in [-0.4, -0.2) is 24.0 Å². The van der Waals surface area contributed by atoms with Crippen molar-refractivity contribution >= 4 is 12.4 Å². The largest absolute Gasteiger partial charge is 0.465 e. The molecule has 2 atom stereocenters. The van der Waals surface area contributed by atoms with Crippen molar-refractivity contribution in [3.05, 3.63) is 35.9 Å². The number of aldehydes is 1. The number of carbonyl (C=O) groups excluding carboxylic acids is 1. The number of rotatable bonds is 5. The van der Waals surface area contributed by atoms with Gasteiger partial charge in [0, 0.05) is 17.9 Å². The lowest BCUT2D eigenvalue weighted by atomic mass is 9.90. The van der Waals surface area contributed by atoms with Gasteiger partial charge in [0.1, 0.15) is 6.29 Å². The fourth-order valence-corrected chi connectivity index (χ4v) is 2.44. The van der Waals surface area contributed by atoms with E-state index in [0.717, 1.165) is 18.3 Å². The summed E-state index contributed by atoms with van der Waals surface area (Å²) >= 11 is 0. The van der Waals surface area contributed by atoms with Gasteiger partial charge in [0.15, 0.2) is 0 Å². The molecule has 0 radical (unpaired) electrons. The molecule has 1 aliphatic carbocycles. The Balaban J connectivity index is 2.07. The van der Waals surface area contributed by atoms with Gasteiger partial charge in [-0.1, -0.05) is 30.3 Å². The first-order chi connectivity index (χ1) is 8.19. The van der Waals surface area contributed by atoms with Crippen LogP contribution < -0.4 is 5.32 Å². The molecule has 0 unspecified atom stereocenters. The third-order valence-electron chi connectivity index (χ3n) is 3.49. The van der Waals surface area contributed by atoms with E-state index in [0.29, 0.717) is 13.0 Å². The molecule has 2 rings (SSSR count). The predicted molar refractivity (Wildman–Crippen MR) is 62.9 cm³/mol. The maximum atomic E-state index is 10.9. The first-order valence-corrected chi connectivity index (χ1v) is 5.67. The van der Waals surface area contributed by atoms with Crippen LogP contribution in [0.4, 0.5) is 4.79 Å². The summed E-state index contributed by atoms with van der Waals surface area (Å²) in [6, 6.07) is 9.84. The normalized spacial score (nSPS) is 26.2. The average molecular weight is 233 g/mol. The van der Waals surface area contributed by atoms with Gasteiger partial charge in [-0.2, -0.15) is 0 Å². The van der Waals surface area contributed by atoms with E-state index in [1.165, 1.54) is 0 Å². The molecule has 1 aliphatic rings. The number of benzene rings is 1. The van der Waals surface area contributed by atoms with Gasteiger partial charge in [0.2, 0.25) is 0 Å². The zero-order chi connectivity index (χ0) is 12.3. The molecule has 17 heavy (non-hydrogen) atoms. The summed E-state index contributed by atoms with van der Waals surface area (Å²) in [7, 11) is 0. The highest BCUT2D eigenvalue weighted by Gasteiger charge is 2.54. The van der Waals surface area contributed by atoms with Crippen LogP contribution in [0.15, 0.2) is 30.3 Å². The average Bonchev–Trinajstić information content (AvgIpc) is 3.05. The van der Waals surface area contributed by atoms with Crippen molar-refractivity contribution in [1.29, 1.82) is 0 Å². The van der Waals surface area contributed by atoms with Crippen molar-refractivity contribution in [2.75, 3.05) is 6.54 Å². The van der Waals surface area contributed by atoms with Gasteiger partial charge < -0.3 is 15.2 Å². The van der Waals surface area contributed by atoms with Gasteiger partial charge in [-0.25, -0.2) is 4.79 Å². The Morgan fingerprint density at radius 3 is 2.71 bits per heavy atom. The Bertz CT molecular complexity index is 418. The minimum atomic E-state index is -1.02. The summed E-state index contributed by atoms with van der Waals surface area (Å²) in [5, 5.41) is 10.9. The summed E-state index contributed by atoms with van der Waals surface area (Å²) < 4.78 is 0. The fourth-order valence-electron chi connectivity index (χ4n) is 2.44. The minimum Gasteiger partial charge on any atom is -0.465 e. The van der Waals surface area contributed by atoms with Gasteiger partial charge in [-0.3, -0.25) is 0 Å². The molecule has 1 saturated carbocycles. The summed E-state index contributed by atoms with van der Waals surface area (Å²) in [5.41, 5.74) is 0.982. The van der Waals surface area contributed by atoms with Crippen LogP contribution in [0.3, 0.4) is 0 Å². The third kappa shape index (κ3) is 2.30. The molecule has 0 heterocycles. The first kappa shape index (κ1) is 11.6. The molecule has 90 valence electrons. The highest BCUT2D eigenvalue weighted by molar-refractivity contribution is 5.66. The third-order valence-corrected chi connectivity index (χ3v) is 3.49. The summed E-state index contributed by atoms with van der Waals surface area (Å²) in [5.74, 6) is 0.0282. The van der Waals surface area contributed by atoms with Crippen molar-refractivity contribution in [3.8, 4) is 0 Å². The van der Waals surface area contributed by atoms with E-state index in [-0.39, 0.29) is 11.3 Å². The number of hydrogen-bond acceptors (Lipinski definition) is 2. The van der Waals surface area contributed by atoms with Crippen molar-refractivity contribution in [1.82, 2.24) is 5.32 Å². The predicted octanol–water partition coefficient (Wildman–Crippen LogP) is 1.80. The highest BCUT2D eigenvalue weighted by Crippen LogP contribution is 2.55. The molecule has 0 spiro atoms. The van der Waals surface area contributed by atoms with Gasteiger partial charge in [-0.05, 0) is 18.4 Å². The molecule has 4 heteroatoms. The zero-order valence-corrected chi connectivity index (χ0v) is 9.43. The van der Waals surface area contributed by atoms with Crippen LogP contribution in [0.5, 0.6) is 0 Å². The highest BCUT2D eigenvalue weighted by atomic mass is 16.4. The number of nitrogens with one attached hydrogen (secondary N) is 1. The van der Waals surface area contributed by atoms with Crippen LogP contribution in [0, 0.1) is 5.92 Å². The molecule has 1 fully saturated rings. The molecular formula is C13H15NO3. The smallest absolute Gasteiger partial charge is 0.404 e. The van der Waals surface area contributed by atoms with E-state index in [2.05, 4.69) is 5.32 Å². The van der Waals surface area contributed by atoms with E-state index in [4.69, 9.17) is 5.11 Å². The number of hydrogen-bond donors (Lipinski definition) is 2. The second-order valence-corrected chi connectivity index (χ2v) is 4.45. The Morgan fingerprint density at radius 2 is 2.18 bits per heavy atom. The van der Waals surface area contributed by atoms with Crippen LogP contribution in [0.1, 0.15) is 18.4 Å². The molecule has 4 nitrogen and oxygen atoms in total. The van der Waals surface area contributed by atoms with E-state index in [1.807, 2.05) is 30.3 Å². The minimum absolute atomic E-state index is 0.0282. The Kier molecular flexibility index (Phi) is 3.13. The van der Waals surface area contributed by atoms with Crippen molar-refractivity contribution < 1.29 is 14.7 Å². The summed E-state index contributed by atoms with van der Waals surface area (Å²) in [6.07, 6.45) is 1.46. The zero-order valence-electron chi connectivity index (χ0n) is 9.43. The fraction of sp³-hybridized carbons (Fsp3) is 0.385. The van der Waals surface area contributed by atoms with E-state index in [1.54, 1.807) is 0 Å². The Morgan fingerprint density at radius 1 is 1.47 bits per heavy atom. The molecule has 2 N–H and O–H groups in total. The van der Waals surface area contributed by atoms with Gasteiger partial charge in [0.25, 0.3) is 0 Å². The van der Waals surface area contributed by atoms with Crippen molar-refractivity contribution in [3.63, 3.8) is 0 Å². The summed E-state index contributed by atoms with van der Waals surface area (Å²) in [4.78, 5) is 21.3. The van der Waals surface area contributed by atoms with E-state index < -0.39 is 6.09 Å². The second kappa shape index (κ2) is 4.57. The topological polar surface area (TPSA) is 66.4 Å². The van der Waals surface area contributed by atoms with E-state index >= 15 is 0 Å². The lowest BCUT2D eigenvalue weighted by molar-refractivity contribution is -0.109. The molecule has 1 amide bonds. The van der Waals surface area contributed by atoms with Crippen LogP contribution >= 0.6 is 0 Å².